The van der Waals surface area contributed by atoms with Crippen molar-refractivity contribution in [2.24, 2.45) is 0 Å². The highest BCUT2D eigenvalue weighted by Gasteiger charge is 2.03. The lowest BCUT2D eigenvalue weighted by molar-refractivity contribution is -0.162. The number of rotatable bonds is 3. The normalized spacial score (nSPS) is 10.8. The summed E-state index contributed by atoms with van der Waals surface area (Å²) in [4.78, 5) is 16.1. The van der Waals surface area contributed by atoms with Gasteiger partial charge in [-0.05, 0) is 23.8 Å². The molecule has 0 radical (unpaired) electrons. The molecule has 0 aliphatic heterocycles. The van der Waals surface area contributed by atoms with Crippen LogP contribution in [0.5, 0.6) is 0 Å². The summed E-state index contributed by atoms with van der Waals surface area (Å²) in [6, 6.07) is 5.06. The molecule has 0 fully saturated rings. The summed E-state index contributed by atoms with van der Waals surface area (Å²) in [5.41, 5.74) is 0.726. The molecule has 0 aromatic heterocycles. The van der Waals surface area contributed by atoms with E-state index in [0.717, 1.165) is 10.6 Å². The maximum absolute atomic E-state index is 11.4. The van der Waals surface area contributed by atoms with Crippen LogP contribution in [0.1, 0.15) is 5.56 Å². The second kappa shape index (κ2) is 5.89. The third kappa shape index (κ3) is 3.52. The third-order valence-electron chi connectivity index (χ3n) is 1.95. The number of halogens is 2. The smallest absolute Gasteiger partial charge is 0.269 e. The summed E-state index contributed by atoms with van der Waals surface area (Å²) in [7, 11) is 2.94. The van der Waals surface area contributed by atoms with E-state index in [0.29, 0.717) is 10.0 Å². The second-order valence-corrected chi connectivity index (χ2v) is 3.86. The number of hydrogen-bond acceptors (Lipinski definition) is 2. The van der Waals surface area contributed by atoms with Crippen molar-refractivity contribution >= 4 is 35.2 Å². The zero-order valence-corrected chi connectivity index (χ0v) is 10.4. The summed E-state index contributed by atoms with van der Waals surface area (Å²) in [6.45, 7) is 0. The van der Waals surface area contributed by atoms with Gasteiger partial charge in [-0.15, -0.1) is 0 Å². The first-order chi connectivity index (χ1) is 7.54. The minimum atomic E-state index is -0.270. The molecule has 0 aliphatic carbocycles. The van der Waals surface area contributed by atoms with E-state index in [-0.39, 0.29) is 5.91 Å². The molecule has 86 valence electrons. The van der Waals surface area contributed by atoms with E-state index >= 15 is 0 Å². The average Bonchev–Trinajstić information content (AvgIpc) is 2.26. The van der Waals surface area contributed by atoms with Crippen molar-refractivity contribution in [3.8, 4) is 0 Å². The number of carbonyl (C=O) groups is 1. The zero-order chi connectivity index (χ0) is 12.1. The van der Waals surface area contributed by atoms with Gasteiger partial charge in [-0.3, -0.25) is 9.63 Å². The topological polar surface area (TPSA) is 29.5 Å². The summed E-state index contributed by atoms with van der Waals surface area (Å²) in [6.07, 6.45) is 2.98. The van der Waals surface area contributed by atoms with Crippen molar-refractivity contribution in [3.63, 3.8) is 0 Å². The molecule has 1 aromatic carbocycles. The molecule has 0 saturated carbocycles. The van der Waals surface area contributed by atoms with Gasteiger partial charge in [0, 0.05) is 23.2 Å². The van der Waals surface area contributed by atoms with E-state index in [4.69, 9.17) is 28.0 Å². The van der Waals surface area contributed by atoms with Crippen molar-refractivity contribution in [1.29, 1.82) is 0 Å². The van der Waals surface area contributed by atoms with E-state index < -0.39 is 0 Å². The molecule has 0 unspecified atom stereocenters. The molecule has 5 heteroatoms. The van der Waals surface area contributed by atoms with Gasteiger partial charge in [0.1, 0.15) is 0 Å². The van der Waals surface area contributed by atoms with Crippen LogP contribution < -0.4 is 0 Å². The van der Waals surface area contributed by atoms with E-state index in [9.17, 15) is 4.79 Å². The van der Waals surface area contributed by atoms with Gasteiger partial charge in [0.15, 0.2) is 0 Å². The van der Waals surface area contributed by atoms with Crippen LogP contribution in [-0.2, 0) is 9.63 Å². The Kier molecular flexibility index (Phi) is 4.80. The van der Waals surface area contributed by atoms with E-state index in [1.807, 2.05) is 0 Å². The third-order valence-corrected chi connectivity index (χ3v) is 2.51. The largest absolute Gasteiger partial charge is 0.274 e. The fraction of sp³-hybridized carbons (Fsp3) is 0.182. The first kappa shape index (κ1) is 13.0. The van der Waals surface area contributed by atoms with Crippen molar-refractivity contribution in [3.05, 3.63) is 39.9 Å². The minimum absolute atomic E-state index is 0.270. The SMILES string of the molecule is CON(C)C(=O)C=Cc1ccc(Cl)cc1Cl. The van der Waals surface area contributed by atoms with Crippen molar-refractivity contribution in [2.45, 2.75) is 0 Å². The molecular formula is C11H11Cl2NO2. The Labute approximate surface area is 104 Å². The highest BCUT2D eigenvalue weighted by Crippen LogP contribution is 2.21. The van der Waals surface area contributed by atoms with Gasteiger partial charge in [-0.1, -0.05) is 29.3 Å². The number of hydrogen-bond donors (Lipinski definition) is 0. The first-order valence-electron chi connectivity index (χ1n) is 4.49. The standard InChI is InChI=1S/C11H11Cl2NO2/c1-14(16-2)11(15)6-4-8-3-5-9(12)7-10(8)13/h3-7H,1-2H3. The molecule has 1 rings (SSSR count). The van der Waals surface area contributed by atoms with Gasteiger partial charge in [-0.2, -0.15) is 0 Å². The van der Waals surface area contributed by atoms with Crippen LogP contribution in [0.15, 0.2) is 24.3 Å². The Morgan fingerprint density at radius 1 is 1.44 bits per heavy atom. The number of amides is 1. The second-order valence-electron chi connectivity index (χ2n) is 3.02. The quantitative estimate of drug-likeness (QED) is 0.617. The molecule has 16 heavy (non-hydrogen) atoms. The summed E-state index contributed by atoms with van der Waals surface area (Å²) >= 11 is 11.7. The molecule has 3 nitrogen and oxygen atoms in total. The number of hydroxylamine groups is 2. The Balaban J connectivity index is 2.80. The predicted octanol–water partition coefficient (Wildman–Crippen LogP) is 3.03. The highest BCUT2D eigenvalue weighted by atomic mass is 35.5. The molecule has 0 spiro atoms. The van der Waals surface area contributed by atoms with Crippen LogP contribution >= 0.6 is 23.2 Å². The van der Waals surface area contributed by atoms with Crippen molar-refractivity contribution in [2.75, 3.05) is 14.2 Å². The summed E-state index contributed by atoms with van der Waals surface area (Å²) < 4.78 is 0. The fourth-order valence-electron chi connectivity index (χ4n) is 0.993. The fourth-order valence-corrected chi connectivity index (χ4v) is 1.46. The number of likely N-dealkylation sites (N-methyl/N-ethyl adjacent to an activating group) is 1. The van der Waals surface area contributed by atoms with Crippen molar-refractivity contribution < 1.29 is 9.63 Å². The Morgan fingerprint density at radius 2 is 2.12 bits per heavy atom. The van der Waals surface area contributed by atoms with Gasteiger partial charge in [0.25, 0.3) is 5.91 Å². The van der Waals surface area contributed by atoms with Crippen LogP contribution in [-0.4, -0.2) is 25.1 Å². The highest BCUT2D eigenvalue weighted by molar-refractivity contribution is 6.35. The molecule has 1 amide bonds. The first-order valence-corrected chi connectivity index (χ1v) is 5.25. The Bertz CT molecular complexity index is 418. The van der Waals surface area contributed by atoms with Crippen molar-refractivity contribution in [1.82, 2.24) is 5.06 Å². The minimum Gasteiger partial charge on any atom is -0.274 e. The van der Waals surface area contributed by atoms with Gasteiger partial charge in [0.2, 0.25) is 0 Å². The molecule has 1 aromatic rings. The van der Waals surface area contributed by atoms with Gasteiger partial charge in [0.05, 0.1) is 7.11 Å². The predicted molar refractivity (Wildman–Crippen MR) is 65.3 cm³/mol. The van der Waals surface area contributed by atoms with Crippen LogP contribution in [0.25, 0.3) is 6.08 Å². The van der Waals surface area contributed by atoms with Crippen LogP contribution in [0.3, 0.4) is 0 Å². The summed E-state index contributed by atoms with van der Waals surface area (Å²) in [5.74, 6) is -0.270. The van der Waals surface area contributed by atoms with Crippen LogP contribution in [0, 0.1) is 0 Å². The average molecular weight is 260 g/mol. The molecular weight excluding hydrogens is 249 g/mol. The van der Waals surface area contributed by atoms with E-state index in [1.165, 1.54) is 20.2 Å². The number of benzene rings is 1. The summed E-state index contributed by atoms with van der Waals surface area (Å²) in [5, 5.41) is 2.17. The molecule has 0 N–H and O–H groups in total. The maximum Gasteiger partial charge on any atom is 0.269 e. The van der Waals surface area contributed by atoms with Crippen LogP contribution in [0.4, 0.5) is 0 Å². The Hall–Kier alpha value is -1.03. The zero-order valence-electron chi connectivity index (χ0n) is 8.91. The lowest BCUT2D eigenvalue weighted by atomic mass is 10.2. The molecule has 0 atom stereocenters. The lowest BCUT2D eigenvalue weighted by Gasteiger charge is -2.10. The monoisotopic (exact) mass is 259 g/mol. The lowest BCUT2D eigenvalue weighted by Crippen LogP contribution is -2.22. The van der Waals surface area contributed by atoms with E-state index in [2.05, 4.69) is 0 Å². The molecule has 0 heterocycles. The van der Waals surface area contributed by atoms with Crippen LogP contribution in [0.2, 0.25) is 10.0 Å². The molecule has 0 aliphatic rings. The molecule has 0 bridgehead atoms. The van der Waals surface area contributed by atoms with Gasteiger partial charge < -0.3 is 0 Å². The molecule has 0 saturated heterocycles. The van der Waals surface area contributed by atoms with Gasteiger partial charge >= 0.3 is 0 Å². The Morgan fingerprint density at radius 3 is 2.69 bits per heavy atom. The number of nitrogens with zero attached hydrogens (tertiary/aromatic N) is 1. The van der Waals surface area contributed by atoms with Gasteiger partial charge in [-0.25, -0.2) is 5.06 Å². The number of carbonyl (C=O) groups excluding carboxylic acids is 1. The van der Waals surface area contributed by atoms with E-state index in [1.54, 1.807) is 24.3 Å². The maximum atomic E-state index is 11.4.